The van der Waals surface area contributed by atoms with Gasteiger partial charge in [0, 0.05) is 31.1 Å². The van der Waals surface area contributed by atoms with E-state index in [1.54, 1.807) is 13.1 Å². The molecule has 6 rings (SSSR count). The van der Waals surface area contributed by atoms with E-state index in [2.05, 4.69) is 46.2 Å². The van der Waals surface area contributed by atoms with Crippen molar-refractivity contribution in [2.45, 2.75) is 90.6 Å². The van der Waals surface area contributed by atoms with Gasteiger partial charge in [0.25, 0.3) is 5.92 Å². The summed E-state index contributed by atoms with van der Waals surface area (Å²) in [4.78, 5) is 33.2. The summed E-state index contributed by atoms with van der Waals surface area (Å²) in [5.74, 6) is -2.26. The SMILES string of the molecule is CC(C)c1ccnc(-c2nc3nc(-c4noc(=O)[nH]4)nc(N[C@H](C)C4CCC4)c3n2C[C@H]2CC[C@H](C)C(F)(F)C2)c1. The number of imidazole rings is 1. The first kappa shape index (κ1) is 27.5. The first-order valence-corrected chi connectivity index (χ1v) is 14.5. The van der Waals surface area contributed by atoms with Crippen molar-refractivity contribution in [2.24, 2.45) is 17.8 Å². The Bertz CT molecular complexity index is 1610. The van der Waals surface area contributed by atoms with E-state index in [4.69, 9.17) is 14.5 Å². The van der Waals surface area contributed by atoms with E-state index in [1.165, 1.54) is 6.42 Å². The van der Waals surface area contributed by atoms with Gasteiger partial charge >= 0.3 is 5.76 Å². The summed E-state index contributed by atoms with van der Waals surface area (Å²) in [5.41, 5.74) is 2.72. The Morgan fingerprint density at radius 2 is 1.98 bits per heavy atom. The molecule has 218 valence electrons. The highest BCUT2D eigenvalue weighted by atomic mass is 19.3. The van der Waals surface area contributed by atoms with E-state index in [0.717, 1.165) is 18.4 Å². The lowest BCUT2D eigenvalue weighted by Gasteiger charge is -2.34. The number of anilines is 1. The number of pyridine rings is 1. The van der Waals surface area contributed by atoms with Crippen molar-refractivity contribution in [3.8, 4) is 23.2 Å². The molecule has 2 saturated carbocycles. The molecule has 0 amide bonds. The number of alkyl halides is 2. The number of halogens is 2. The zero-order chi connectivity index (χ0) is 28.9. The smallest absolute Gasteiger partial charge is 0.365 e. The van der Waals surface area contributed by atoms with Gasteiger partial charge in [-0.05, 0) is 68.1 Å². The number of aromatic amines is 1. The summed E-state index contributed by atoms with van der Waals surface area (Å²) >= 11 is 0. The minimum absolute atomic E-state index is 0.0909. The second-order valence-corrected chi connectivity index (χ2v) is 12.1. The van der Waals surface area contributed by atoms with Crippen LogP contribution in [0, 0.1) is 17.8 Å². The van der Waals surface area contributed by atoms with Gasteiger partial charge in [0.15, 0.2) is 17.3 Å². The summed E-state index contributed by atoms with van der Waals surface area (Å²) in [6.45, 7) is 8.29. The largest absolute Gasteiger partial charge is 0.439 e. The van der Waals surface area contributed by atoms with Crippen molar-refractivity contribution in [3.05, 3.63) is 34.4 Å². The molecule has 0 aromatic carbocycles. The summed E-state index contributed by atoms with van der Waals surface area (Å²) in [6.07, 6.45) is 6.15. The van der Waals surface area contributed by atoms with Crippen LogP contribution >= 0.6 is 0 Å². The third-order valence-corrected chi connectivity index (χ3v) is 8.89. The predicted molar refractivity (Wildman–Crippen MR) is 151 cm³/mol. The van der Waals surface area contributed by atoms with Gasteiger partial charge in [-0.15, -0.1) is 0 Å². The quantitative estimate of drug-likeness (QED) is 0.265. The maximum atomic E-state index is 14.9. The van der Waals surface area contributed by atoms with Crippen molar-refractivity contribution in [3.63, 3.8) is 0 Å². The molecule has 0 spiro atoms. The Morgan fingerprint density at radius 1 is 1.17 bits per heavy atom. The maximum Gasteiger partial charge on any atom is 0.439 e. The van der Waals surface area contributed by atoms with Crippen LogP contribution in [0.15, 0.2) is 27.6 Å². The first-order valence-electron chi connectivity index (χ1n) is 14.5. The third-order valence-electron chi connectivity index (χ3n) is 8.89. The van der Waals surface area contributed by atoms with Crippen molar-refractivity contribution < 1.29 is 13.3 Å². The van der Waals surface area contributed by atoms with E-state index < -0.39 is 17.6 Å². The molecule has 2 fully saturated rings. The van der Waals surface area contributed by atoms with Crippen LogP contribution in [-0.4, -0.2) is 46.6 Å². The van der Waals surface area contributed by atoms with Crippen LogP contribution in [0.2, 0.25) is 0 Å². The van der Waals surface area contributed by atoms with Gasteiger partial charge in [-0.2, -0.15) is 0 Å². The molecule has 0 bridgehead atoms. The monoisotopic (exact) mass is 566 g/mol. The van der Waals surface area contributed by atoms with Crippen LogP contribution in [0.4, 0.5) is 14.6 Å². The van der Waals surface area contributed by atoms with E-state index >= 15 is 0 Å². The minimum Gasteiger partial charge on any atom is -0.365 e. The highest BCUT2D eigenvalue weighted by Gasteiger charge is 2.43. The van der Waals surface area contributed by atoms with Crippen LogP contribution in [-0.2, 0) is 6.54 Å². The van der Waals surface area contributed by atoms with Gasteiger partial charge in [0.1, 0.15) is 11.2 Å². The summed E-state index contributed by atoms with van der Waals surface area (Å²) in [7, 11) is 0. The molecule has 3 atom stereocenters. The maximum absolute atomic E-state index is 14.9. The molecule has 4 aromatic rings. The Balaban J connectivity index is 1.53. The number of H-pyrrole nitrogens is 1. The number of aromatic nitrogens is 7. The topological polar surface area (TPSA) is 127 Å². The van der Waals surface area contributed by atoms with Crippen molar-refractivity contribution in [1.29, 1.82) is 0 Å². The van der Waals surface area contributed by atoms with Crippen LogP contribution in [0.25, 0.3) is 34.3 Å². The fraction of sp³-hybridized carbons (Fsp3) is 0.586. The zero-order valence-electron chi connectivity index (χ0n) is 23.8. The minimum atomic E-state index is -2.72. The molecule has 10 nitrogen and oxygen atoms in total. The number of hydrogen-bond donors (Lipinski definition) is 2. The molecular formula is C29H36F2N8O2. The molecule has 4 aromatic heterocycles. The fourth-order valence-corrected chi connectivity index (χ4v) is 5.94. The number of fused-ring (bicyclic) bond motifs is 1. The fourth-order valence-electron chi connectivity index (χ4n) is 5.94. The lowest BCUT2D eigenvalue weighted by Crippen LogP contribution is -2.35. The van der Waals surface area contributed by atoms with Crippen LogP contribution < -0.4 is 11.1 Å². The van der Waals surface area contributed by atoms with Gasteiger partial charge in [-0.25, -0.2) is 28.5 Å². The highest BCUT2D eigenvalue weighted by Crippen LogP contribution is 2.43. The first-order chi connectivity index (χ1) is 19.6. The van der Waals surface area contributed by atoms with Crippen molar-refractivity contribution >= 4 is 17.0 Å². The molecule has 0 aliphatic heterocycles. The molecule has 4 heterocycles. The van der Waals surface area contributed by atoms with E-state index in [1.807, 2.05) is 16.7 Å². The standard InChI is InChI=1S/C29H36F2N8O2/c1-15(2)20-10-11-32-21(12-20)27-36-24-22(39(27)14-18-9-8-16(3)29(30,31)13-18)23(33-17(4)19-6-5-7-19)34-25(35-24)26-37-28(40)41-38-26/h10-12,15-19H,5-9,13-14H2,1-4H3,(H,33,34,35)(H,37,38,40)/t16-,17+,18-/m0/s1. The predicted octanol–water partition coefficient (Wildman–Crippen LogP) is 6.03. The number of nitrogens with zero attached hydrogens (tertiary/aromatic N) is 6. The Morgan fingerprint density at radius 3 is 2.63 bits per heavy atom. The lowest BCUT2D eigenvalue weighted by molar-refractivity contribution is -0.0970. The Labute approximate surface area is 236 Å². The molecule has 0 radical (unpaired) electrons. The van der Waals surface area contributed by atoms with Gasteiger partial charge < -0.3 is 9.88 Å². The second kappa shape index (κ2) is 10.6. The van der Waals surface area contributed by atoms with E-state index in [9.17, 15) is 13.6 Å². The molecule has 2 aliphatic carbocycles. The van der Waals surface area contributed by atoms with Gasteiger partial charge in [0.05, 0.1) is 0 Å². The number of hydrogen-bond acceptors (Lipinski definition) is 8. The summed E-state index contributed by atoms with van der Waals surface area (Å²) in [5, 5.41) is 7.35. The Kier molecular flexibility index (Phi) is 7.11. The van der Waals surface area contributed by atoms with Gasteiger partial charge in [-0.1, -0.05) is 32.3 Å². The van der Waals surface area contributed by atoms with Crippen LogP contribution in [0.5, 0.6) is 0 Å². The van der Waals surface area contributed by atoms with Crippen LogP contribution in [0.3, 0.4) is 0 Å². The van der Waals surface area contributed by atoms with Crippen molar-refractivity contribution in [1.82, 2.24) is 34.6 Å². The molecule has 0 saturated heterocycles. The molecule has 0 unspecified atom stereocenters. The molecule has 12 heteroatoms. The van der Waals surface area contributed by atoms with E-state index in [-0.39, 0.29) is 35.9 Å². The summed E-state index contributed by atoms with van der Waals surface area (Å²) < 4.78 is 36.4. The van der Waals surface area contributed by atoms with Crippen molar-refractivity contribution in [2.75, 3.05) is 5.32 Å². The third kappa shape index (κ3) is 5.36. The normalized spacial score (nSPS) is 21.7. The lowest BCUT2D eigenvalue weighted by atomic mass is 9.80. The average molecular weight is 567 g/mol. The summed E-state index contributed by atoms with van der Waals surface area (Å²) in [6, 6.07) is 4.07. The van der Waals surface area contributed by atoms with Gasteiger partial charge in [-0.3, -0.25) is 14.5 Å². The van der Waals surface area contributed by atoms with Crippen LogP contribution in [0.1, 0.15) is 77.7 Å². The van der Waals surface area contributed by atoms with E-state index in [0.29, 0.717) is 53.8 Å². The van der Waals surface area contributed by atoms with Gasteiger partial charge in [0.2, 0.25) is 11.6 Å². The molecule has 2 aliphatic rings. The number of rotatable bonds is 8. The average Bonchev–Trinajstić information content (AvgIpc) is 3.49. The Hall–Kier alpha value is -3.70. The zero-order valence-corrected chi connectivity index (χ0v) is 23.8. The molecular weight excluding hydrogens is 530 g/mol. The molecule has 41 heavy (non-hydrogen) atoms. The second-order valence-electron chi connectivity index (χ2n) is 12.1. The number of nitrogens with one attached hydrogen (secondary N) is 2. The molecule has 2 N–H and O–H groups in total. The highest BCUT2D eigenvalue weighted by molar-refractivity contribution is 5.88.